The summed E-state index contributed by atoms with van der Waals surface area (Å²) in [5, 5.41) is 8.01. The molecule has 2 aromatic rings. The number of fused-ring (bicyclic) bond motifs is 1. The Morgan fingerprint density at radius 1 is 1.28 bits per heavy atom. The van der Waals surface area contributed by atoms with E-state index in [2.05, 4.69) is 20.6 Å². The third-order valence-electron chi connectivity index (χ3n) is 3.92. The summed E-state index contributed by atoms with van der Waals surface area (Å²) in [7, 11) is 0. The van der Waals surface area contributed by atoms with Gasteiger partial charge in [-0.25, -0.2) is 9.98 Å². The van der Waals surface area contributed by atoms with E-state index in [-0.39, 0.29) is 6.54 Å². The van der Waals surface area contributed by atoms with Crippen LogP contribution in [0.3, 0.4) is 0 Å². The fourth-order valence-corrected chi connectivity index (χ4v) is 3.65. The molecule has 0 fully saturated rings. The molecule has 11 heteroatoms. The van der Waals surface area contributed by atoms with Crippen LogP contribution in [-0.2, 0) is 19.1 Å². The highest BCUT2D eigenvalue weighted by Crippen LogP contribution is 2.38. The first-order valence-electron chi connectivity index (χ1n) is 8.98. The van der Waals surface area contributed by atoms with Crippen LogP contribution in [0.1, 0.15) is 23.2 Å². The molecule has 158 valence electrons. The van der Waals surface area contributed by atoms with Gasteiger partial charge in [0.1, 0.15) is 18.2 Å². The lowest BCUT2D eigenvalue weighted by Crippen LogP contribution is -2.38. The molecule has 2 N–H and O–H groups in total. The van der Waals surface area contributed by atoms with Crippen LogP contribution >= 0.6 is 22.9 Å². The number of hydrogen-bond acceptors (Lipinski definition) is 5. The maximum atomic E-state index is 12.6. The number of nitrogens with zero attached hydrogens (tertiary/aromatic N) is 2. The van der Waals surface area contributed by atoms with E-state index < -0.39 is 11.9 Å². The molecular formula is C18H20ClF3N4O2S. The molecule has 3 rings (SSSR count). The molecule has 0 bridgehead atoms. The van der Waals surface area contributed by atoms with E-state index in [1.165, 1.54) is 0 Å². The van der Waals surface area contributed by atoms with Crippen LogP contribution in [0.15, 0.2) is 22.5 Å². The molecule has 0 saturated heterocycles. The zero-order valence-electron chi connectivity index (χ0n) is 15.6. The predicted molar refractivity (Wildman–Crippen MR) is 106 cm³/mol. The molecule has 1 aromatic carbocycles. The lowest BCUT2D eigenvalue weighted by molar-refractivity contribution is -0.140. The first-order valence-corrected chi connectivity index (χ1v) is 10.2. The van der Waals surface area contributed by atoms with Crippen LogP contribution < -0.4 is 20.1 Å². The van der Waals surface area contributed by atoms with Crippen molar-refractivity contribution in [2.45, 2.75) is 26.1 Å². The Morgan fingerprint density at radius 2 is 2.07 bits per heavy atom. The molecule has 1 aliphatic rings. The van der Waals surface area contributed by atoms with Crippen LogP contribution in [0.2, 0.25) is 5.02 Å². The van der Waals surface area contributed by atoms with Crippen molar-refractivity contribution in [3.8, 4) is 11.5 Å². The van der Waals surface area contributed by atoms with E-state index in [4.69, 9.17) is 21.1 Å². The second-order valence-electron chi connectivity index (χ2n) is 6.10. The molecule has 0 spiro atoms. The van der Waals surface area contributed by atoms with Crippen LogP contribution in [0, 0.1) is 0 Å². The van der Waals surface area contributed by atoms with Crippen LogP contribution in [0.25, 0.3) is 0 Å². The second-order valence-corrected chi connectivity index (χ2v) is 7.45. The van der Waals surface area contributed by atoms with E-state index in [0.29, 0.717) is 60.2 Å². The number of alkyl halides is 3. The summed E-state index contributed by atoms with van der Waals surface area (Å²) in [6.45, 7) is 4.09. The fraction of sp³-hybridized carbons (Fsp3) is 0.444. The summed E-state index contributed by atoms with van der Waals surface area (Å²) in [6, 6.07) is 3.72. The van der Waals surface area contributed by atoms with Crippen molar-refractivity contribution in [3.05, 3.63) is 38.8 Å². The number of halogens is 4. The molecule has 0 aliphatic carbocycles. The number of benzene rings is 1. The Balaban J connectivity index is 1.57. The molecule has 1 aliphatic heterocycles. The number of ether oxygens (including phenoxy) is 2. The number of aliphatic imine (C=N–C) groups is 1. The van der Waals surface area contributed by atoms with Crippen molar-refractivity contribution in [1.82, 2.24) is 15.6 Å². The van der Waals surface area contributed by atoms with Gasteiger partial charge in [0.15, 0.2) is 23.2 Å². The smallest absolute Gasteiger partial charge is 0.434 e. The van der Waals surface area contributed by atoms with Crippen LogP contribution in [0.4, 0.5) is 13.2 Å². The van der Waals surface area contributed by atoms with E-state index in [1.54, 1.807) is 0 Å². The van der Waals surface area contributed by atoms with Gasteiger partial charge in [0.05, 0.1) is 11.6 Å². The number of aromatic nitrogens is 1. The largest absolute Gasteiger partial charge is 0.486 e. The number of guanidine groups is 1. The van der Waals surface area contributed by atoms with Crippen LogP contribution in [-0.4, -0.2) is 37.2 Å². The van der Waals surface area contributed by atoms with Crippen LogP contribution in [0.5, 0.6) is 11.5 Å². The molecule has 29 heavy (non-hydrogen) atoms. The van der Waals surface area contributed by atoms with Crippen molar-refractivity contribution in [1.29, 1.82) is 0 Å². The Hall–Kier alpha value is -2.20. The Labute approximate surface area is 175 Å². The molecule has 0 saturated carbocycles. The number of hydrogen-bond donors (Lipinski definition) is 2. The molecule has 0 amide bonds. The number of rotatable bonds is 6. The average Bonchev–Trinajstić information content (AvgIpc) is 3.16. The SMILES string of the molecule is CCNC(=NCc1nc(C(F)(F)F)cs1)NCCc1cc(Cl)c2c(c1)OCCO2. The van der Waals surface area contributed by atoms with Crippen molar-refractivity contribution >= 4 is 28.9 Å². The first kappa shape index (κ1) is 21.5. The predicted octanol–water partition coefficient (Wildman–Crippen LogP) is 3.88. The zero-order valence-corrected chi connectivity index (χ0v) is 17.2. The van der Waals surface area contributed by atoms with Crippen molar-refractivity contribution in [2.75, 3.05) is 26.3 Å². The van der Waals surface area contributed by atoms with Crippen molar-refractivity contribution in [2.24, 2.45) is 4.99 Å². The third kappa shape index (κ3) is 5.89. The van der Waals surface area contributed by atoms with E-state index in [0.717, 1.165) is 22.3 Å². The lowest BCUT2D eigenvalue weighted by Gasteiger charge is -2.20. The maximum absolute atomic E-state index is 12.6. The monoisotopic (exact) mass is 448 g/mol. The highest BCUT2D eigenvalue weighted by atomic mass is 35.5. The van der Waals surface area contributed by atoms with Crippen molar-refractivity contribution < 1.29 is 22.6 Å². The van der Waals surface area contributed by atoms with Gasteiger partial charge in [0.2, 0.25) is 0 Å². The van der Waals surface area contributed by atoms with Gasteiger partial charge in [-0.15, -0.1) is 11.3 Å². The normalized spacial score (nSPS) is 14.0. The van der Waals surface area contributed by atoms with Gasteiger partial charge in [-0.2, -0.15) is 13.2 Å². The van der Waals surface area contributed by atoms with Gasteiger partial charge in [-0.05, 0) is 31.0 Å². The minimum Gasteiger partial charge on any atom is -0.486 e. The Bertz CT molecular complexity index is 873. The molecule has 0 radical (unpaired) electrons. The summed E-state index contributed by atoms with van der Waals surface area (Å²) >= 11 is 7.18. The topological polar surface area (TPSA) is 67.8 Å². The fourth-order valence-electron chi connectivity index (χ4n) is 2.64. The van der Waals surface area contributed by atoms with Gasteiger partial charge in [0.25, 0.3) is 0 Å². The maximum Gasteiger partial charge on any atom is 0.434 e. The summed E-state index contributed by atoms with van der Waals surface area (Å²) in [5.41, 5.74) is 0.0819. The van der Waals surface area contributed by atoms with Gasteiger partial charge >= 0.3 is 6.18 Å². The highest BCUT2D eigenvalue weighted by molar-refractivity contribution is 7.09. The highest BCUT2D eigenvalue weighted by Gasteiger charge is 2.33. The minimum atomic E-state index is -4.44. The van der Waals surface area contributed by atoms with Gasteiger partial charge in [-0.3, -0.25) is 0 Å². The molecule has 0 unspecified atom stereocenters. The van der Waals surface area contributed by atoms with Gasteiger partial charge in [0, 0.05) is 18.5 Å². The van der Waals surface area contributed by atoms with Gasteiger partial charge < -0.3 is 20.1 Å². The van der Waals surface area contributed by atoms with E-state index >= 15 is 0 Å². The molecule has 6 nitrogen and oxygen atoms in total. The lowest BCUT2D eigenvalue weighted by atomic mass is 10.1. The van der Waals surface area contributed by atoms with Crippen molar-refractivity contribution in [3.63, 3.8) is 0 Å². The number of nitrogens with one attached hydrogen (secondary N) is 2. The number of thiazole rings is 1. The average molecular weight is 449 g/mol. The second kappa shape index (κ2) is 9.53. The quantitative estimate of drug-likeness (QED) is 0.518. The molecule has 0 atom stereocenters. The van der Waals surface area contributed by atoms with Gasteiger partial charge in [-0.1, -0.05) is 11.6 Å². The van der Waals surface area contributed by atoms with E-state index in [1.807, 2.05) is 19.1 Å². The summed E-state index contributed by atoms with van der Waals surface area (Å²) in [5.74, 6) is 1.69. The standard InChI is InChI=1S/C18H20ClF3N4O2S/c1-2-23-17(25-9-15-26-14(10-29-15)18(20,21)22)24-4-3-11-7-12(19)16-13(8-11)27-5-6-28-16/h7-8,10H,2-6,9H2,1H3,(H2,23,24,25). The zero-order chi connectivity index (χ0) is 20.9. The minimum absolute atomic E-state index is 0.0614. The Kier molecular flexibility index (Phi) is 7.07. The molecule has 1 aromatic heterocycles. The summed E-state index contributed by atoms with van der Waals surface area (Å²) < 4.78 is 49.0. The van der Waals surface area contributed by atoms with E-state index in [9.17, 15) is 13.2 Å². The third-order valence-corrected chi connectivity index (χ3v) is 5.04. The molecular weight excluding hydrogens is 429 g/mol. The Morgan fingerprint density at radius 3 is 2.79 bits per heavy atom. The summed E-state index contributed by atoms with van der Waals surface area (Å²) in [4.78, 5) is 7.88. The molecule has 2 heterocycles. The summed E-state index contributed by atoms with van der Waals surface area (Å²) in [6.07, 6.45) is -3.79. The first-order chi connectivity index (χ1) is 13.9.